The summed E-state index contributed by atoms with van der Waals surface area (Å²) in [5.41, 5.74) is 1.52. The molecule has 31 heavy (non-hydrogen) atoms. The van der Waals surface area contributed by atoms with E-state index in [-0.39, 0.29) is 29.7 Å². The summed E-state index contributed by atoms with van der Waals surface area (Å²) in [6, 6.07) is 5.77. The number of rotatable bonds is 4. The highest BCUT2D eigenvalue weighted by molar-refractivity contribution is 6.02. The number of aryl methyl sites for hydroxylation is 1. The molecule has 9 nitrogen and oxygen atoms in total. The Kier molecular flexibility index (Phi) is 5.13. The zero-order valence-electron chi connectivity index (χ0n) is 17.5. The number of hydrogen-bond donors (Lipinski definition) is 1. The molecule has 1 N–H and O–H groups in total. The topological polar surface area (TPSA) is 103 Å². The van der Waals surface area contributed by atoms with E-state index in [1.165, 1.54) is 0 Å². The van der Waals surface area contributed by atoms with Crippen molar-refractivity contribution in [2.24, 2.45) is 13.0 Å². The van der Waals surface area contributed by atoms with Crippen LogP contribution >= 0.6 is 0 Å². The van der Waals surface area contributed by atoms with Crippen LogP contribution in [0.4, 0.5) is 0 Å². The summed E-state index contributed by atoms with van der Waals surface area (Å²) in [6.45, 7) is 2.44. The van der Waals surface area contributed by atoms with E-state index in [0.29, 0.717) is 44.8 Å². The number of likely N-dealkylation sites (tertiary alicyclic amines) is 1. The zero-order chi connectivity index (χ0) is 21.5. The van der Waals surface area contributed by atoms with Crippen LogP contribution in [0.15, 0.2) is 18.2 Å². The Balaban J connectivity index is 1.32. The van der Waals surface area contributed by atoms with Crippen molar-refractivity contribution in [3.8, 4) is 5.75 Å². The van der Waals surface area contributed by atoms with Gasteiger partial charge in [-0.1, -0.05) is 12.1 Å². The minimum absolute atomic E-state index is 0.0150. The molecule has 9 heteroatoms. The number of ether oxygens (including phenoxy) is 2. The van der Waals surface area contributed by atoms with Gasteiger partial charge in [-0.05, 0) is 12.5 Å². The van der Waals surface area contributed by atoms with E-state index in [2.05, 4.69) is 10.4 Å². The number of aromatic nitrogens is 2. The molecule has 3 amide bonds. The second-order valence-corrected chi connectivity index (χ2v) is 8.54. The van der Waals surface area contributed by atoms with Crippen molar-refractivity contribution >= 4 is 28.6 Å². The summed E-state index contributed by atoms with van der Waals surface area (Å²) < 4.78 is 13.2. The molecular formula is C22H26N4O5. The number of benzene rings is 1. The number of carbonyl (C=O) groups excluding carboxylic acids is 3. The lowest BCUT2D eigenvalue weighted by Crippen LogP contribution is -2.49. The summed E-state index contributed by atoms with van der Waals surface area (Å²) in [6.07, 6.45) is 2.33. The van der Waals surface area contributed by atoms with Gasteiger partial charge in [0.25, 0.3) is 0 Å². The van der Waals surface area contributed by atoms with E-state index in [1.54, 1.807) is 4.68 Å². The number of hydrogen-bond acceptors (Lipinski definition) is 6. The molecule has 0 bridgehead atoms. The maximum absolute atomic E-state index is 12.4. The van der Waals surface area contributed by atoms with Crippen molar-refractivity contribution < 1.29 is 23.9 Å². The molecule has 3 fully saturated rings. The van der Waals surface area contributed by atoms with E-state index in [0.717, 1.165) is 29.5 Å². The van der Waals surface area contributed by atoms with Crippen LogP contribution in [0.2, 0.25) is 0 Å². The number of imide groups is 1. The molecule has 3 aliphatic rings. The summed E-state index contributed by atoms with van der Waals surface area (Å²) >= 11 is 0. The average Bonchev–Trinajstić information content (AvgIpc) is 3.05. The first-order valence-electron chi connectivity index (χ1n) is 10.8. The van der Waals surface area contributed by atoms with Crippen LogP contribution in [-0.2, 0) is 26.2 Å². The second-order valence-electron chi connectivity index (χ2n) is 8.54. The van der Waals surface area contributed by atoms with Gasteiger partial charge in [-0.15, -0.1) is 0 Å². The van der Waals surface area contributed by atoms with Crippen LogP contribution in [-0.4, -0.2) is 64.8 Å². The standard InChI is InChI=1S/C22H26N4O5/c1-25-20-15(19(24-25)16-5-6-18(27)23-21(16)28)3-2-4-17(20)31-14-7-9-26(10-8-14)22(29)13-11-30-12-13/h2-4,13-14,16H,5-12H2,1H3,(H,23,27,28). The third kappa shape index (κ3) is 3.67. The molecule has 164 valence electrons. The van der Waals surface area contributed by atoms with Gasteiger partial charge in [0.15, 0.2) is 0 Å². The first kappa shape index (κ1) is 20.0. The highest BCUT2D eigenvalue weighted by Gasteiger charge is 2.34. The molecule has 1 aromatic heterocycles. The number of nitrogens with one attached hydrogen (secondary N) is 1. The minimum Gasteiger partial charge on any atom is -0.488 e. The van der Waals surface area contributed by atoms with Gasteiger partial charge in [0.05, 0.1) is 30.7 Å². The van der Waals surface area contributed by atoms with Crippen LogP contribution in [0, 0.1) is 5.92 Å². The maximum Gasteiger partial charge on any atom is 0.235 e. The fraction of sp³-hybridized carbons (Fsp3) is 0.545. The third-order valence-corrected chi connectivity index (χ3v) is 6.46. The second kappa shape index (κ2) is 7.96. The summed E-state index contributed by atoms with van der Waals surface area (Å²) in [7, 11) is 1.84. The van der Waals surface area contributed by atoms with Gasteiger partial charge >= 0.3 is 0 Å². The molecular weight excluding hydrogens is 400 g/mol. The first-order valence-corrected chi connectivity index (χ1v) is 10.8. The van der Waals surface area contributed by atoms with E-state index < -0.39 is 5.92 Å². The molecule has 0 aliphatic carbocycles. The molecule has 1 unspecified atom stereocenters. The maximum atomic E-state index is 12.4. The highest BCUT2D eigenvalue weighted by Crippen LogP contribution is 2.35. The Morgan fingerprint density at radius 3 is 2.65 bits per heavy atom. The SMILES string of the molecule is Cn1nc(C2CCC(=O)NC2=O)c2cccc(OC3CCN(C(=O)C4COC4)CC3)c21. The number of piperidine rings is 2. The van der Waals surface area contributed by atoms with Crippen molar-refractivity contribution in [3.05, 3.63) is 23.9 Å². The van der Waals surface area contributed by atoms with E-state index in [1.807, 2.05) is 30.1 Å². The predicted octanol–water partition coefficient (Wildman–Crippen LogP) is 1.11. The molecule has 0 spiro atoms. The molecule has 0 radical (unpaired) electrons. The summed E-state index contributed by atoms with van der Waals surface area (Å²) in [4.78, 5) is 38.2. The normalized spacial score (nSPS) is 23.0. The third-order valence-electron chi connectivity index (χ3n) is 6.46. The van der Waals surface area contributed by atoms with Crippen molar-refractivity contribution in [3.63, 3.8) is 0 Å². The van der Waals surface area contributed by atoms with E-state index >= 15 is 0 Å². The molecule has 1 atom stereocenters. The Morgan fingerprint density at radius 2 is 1.97 bits per heavy atom. The fourth-order valence-electron chi connectivity index (χ4n) is 4.65. The molecule has 4 heterocycles. The van der Waals surface area contributed by atoms with Gasteiger partial charge in [0.1, 0.15) is 17.4 Å². The predicted molar refractivity (Wildman–Crippen MR) is 110 cm³/mol. The molecule has 5 rings (SSSR count). The van der Waals surface area contributed by atoms with Crippen LogP contribution < -0.4 is 10.1 Å². The van der Waals surface area contributed by atoms with E-state index in [4.69, 9.17) is 9.47 Å². The molecule has 0 saturated carbocycles. The van der Waals surface area contributed by atoms with Gasteiger partial charge in [0, 0.05) is 44.8 Å². The smallest absolute Gasteiger partial charge is 0.235 e. The largest absolute Gasteiger partial charge is 0.488 e. The number of carbonyl (C=O) groups is 3. The molecule has 2 aromatic rings. The number of fused-ring (bicyclic) bond motifs is 1. The van der Waals surface area contributed by atoms with Crippen molar-refractivity contribution in [1.29, 1.82) is 0 Å². The fourth-order valence-corrected chi connectivity index (χ4v) is 4.65. The van der Waals surface area contributed by atoms with Crippen molar-refractivity contribution in [1.82, 2.24) is 20.0 Å². The monoisotopic (exact) mass is 426 g/mol. The minimum atomic E-state index is -0.443. The van der Waals surface area contributed by atoms with Gasteiger partial charge < -0.3 is 14.4 Å². The number of nitrogens with zero attached hydrogens (tertiary/aromatic N) is 3. The van der Waals surface area contributed by atoms with Crippen LogP contribution in [0.1, 0.15) is 37.3 Å². The first-order chi connectivity index (χ1) is 15.0. The van der Waals surface area contributed by atoms with Crippen molar-refractivity contribution in [2.45, 2.75) is 37.7 Å². The van der Waals surface area contributed by atoms with Crippen LogP contribution in [0.3, 0.4) is 0 Å². The van der Waals surface area contributed by atoms with Gasteiger partial charge in [-0.2, -0.15) is 5.10 Å². The molecule has 3 aliphatic heterocycles. The average molecular weight is 426 g/mol. The summed E-state index contributed by atoms with van der Waals surface area (Å²) in [5, 5.41) is 7.89. The van der Waals surface area contributed by atoms with Gasteiger partial charge in [-0.3, -0.25) is 24.4 Å². The van der Waals surface area contributed by atoms with E-state index in [9.17, 15) is 14.4 Å². The lowest BCUT2D eigenvalue weighted by Gasteiger charge is -2.36. The molecule has 3 saturated heterocycles. The molecule has 1 aromatic carbocycles. The quantitative estimate of drug-likeness (QED) is 0.735. The Bertz CT molecular complexity index is 1040. The number of amides is 3. The number of para-hydroxylation sites is 1. The lowest BCUT2D eigenvalue weighted by atomic mass is 9.93. The highest BCUT2D eigenvalue weighted by atomic mass is 16.5. The van der Waals surface area contributed by atoms with Gasteiger partial charge in [0.2, 0.25) is 17.7 Å². The van der Waals surface area contributed by atoms with Crippen molar-refractivity contribution in [2.75, 3.05) is 26.3 Å². The Morgan fingerprint density at radius 1 is 1.19 bits per heavy atom. The Hall–Kier alpha value is -2.94. The van der Waals surface area contributed by atoms with Crippen LogP contribution in [0.5, 0.6) is 5.75 Å². The summed E-state index contributed by atoms with van der Waals surface area (Å²) in [5.74, 6) is -0.0417. The van der Waals surface area contributed by atoms with Gasteiger partial charge in [-0.25, -0.2) is 0 Å². The lowest BCUT2D eigenvalue weighted by molar-refractivity contribution is -0.151. The zero-order valence-corrected chi connectivity index (χ0v) is 17.5. The van der Waals surface area contributed by atoms with Crippen LogP contribution in [0.25, 0.3) is 10.9 Å². The Labute approximate surface area is 179 Å².